The van der Waals surface area contributed by atoms with Crippen molar-refractivity contribution in [2.24, 2.45) is 0 Å². The van der Waals surface area contributed by atoms with Crippen molar-refractivity contribution in [3.05, 3.63) is 22.2 Å². The van der Waals surface area contributed by atoms with E-state index in [1.165, 1.54) is 0 Å². The maximum Gasteiger partial charge on any atom is 0.438 e. The molecule has 0 saturated heterocycles. The Morgan fingerprint density at radius 1 is 1.35 bits per heavy atom. The third kappa shape index (κ3) is 2.58. The van der Waals surface area contributed by atoms with Gasteiger partial charge >= 0.3 is 5.76 Å². The van der Waals surface area contributed by atoms with Gasteiger partial charge in [0.15, 0.2) is 5.82 Å². The maximum atomic E-state index is 10.8. The summed E-state index contributed by atoms with van der Waals surface area (Å²) in [4.78, 5) is 14.9. The first-order valence-electron chi connectivity index (χ1n) is 5.45. The number of nitrogens with zero attached hydrogens (tertiary/aromatic N) is 4. The molecule has 0 unspecified atom stereocenters. The molecular formula is C9H15N6O2+. The quantitative estimate of drug-likeness (QED) is 0.712. The fraction of sp³-hybridized carbons (Fsp3) is 0.667. The van der Waals surface area contributed by atoms with Crippen LogP contribution in [0.15, 0.2) is 9.32 Å². The SMILES string of the molecule is CC(C)c1n[n+](C[C@H](C)c2noc(=O)[nH]2)n[nH]1. The van der Waals surface area contributed by atoms with Gasteiger partial charge in [-0.05, 0) is 9.90 Å². The molecule has 92 valence electrons. The van der Waals surface area contributed by atoms with Crippen LogP contribution in [0.1, 0.15) is 44.3 Å². The van der Waals surface area contributed by atoms with Gasteiger partial charge in [-0.1, -0.05) is 25.9 Å². The summed E-state index contributed by atoms with van der Waals surface area (Å²) in [6.45, 7) is 6.49. The summed E-state index contributed by atoms with van der Waals surface area (Å²) in [5.41, 5.74) is 0. The molecule has 0 fully saturated rings. The predicted molar refractivity (Wildman–Crippen MR) is 56.2 cm³/mol. The lowest BCUT2D eigenvalue weighted by molar-refractivity contribution is -0.807. The number of rotatable bonds is 4. The smallest absolute Gasteiger partial charge is 0.296 e. The molecule has 0 aliphatic heterocycles. The molecule has 2 aromatic heterocycles. The fourth-order valence-electron chi connectivity index (χ4n) is 1.39. The van der Waals surface area contributed by atoms with Crippen molar-refractivity contribution in [2.75, 3.05) is 0 Å². The van der Waals surface area contributed by atoms with Gasteiger partial charge in [0, 0.05) is 5.92 Å². The topological polar surface area (TPSA) is 104 Å². The van der Waals surface area contributed by atoms with E-state index >= 15 is 0 Å². The van der Waals surface area contributed by atoms with E-state index in [1.54, 1.807) is 4.80 Å². The molecule has 2 aromatic rings. The van der Waals surface area contributed by atoms with Gasteiger partial charge in [0.05, 0.1) is 5.92 Å². The van der Waals surface area contributed by atoms with Crippen LogP contribution in [0.4, 0.5) is 0 Å². The van der Waals surface area contributed by atoms with Gasteiger partial charge in [0.25, 0.3) is 5.82 Å². The van der Waals surface area contributed by atoms with Crippen LogP contribution in [-0.2, 0) is 6.54 Å². The van der Waals surface area contributed by atoms with E-state index in [4.69, 9.17) is 0 Å². The zero-order valence-corrected chi connectivity index (χ0v) is 9.97. The maximum absolute atomic E-state index is 10.8. The first-order chi connectivity index (χ1) is 8.06. The molecule has 8 heteroatoms. The van der Waals surface area contributed by atoms with E-state index < -0.39 is 5.76 Å². The monoisotopic (exact) mass is 239 g/mol. The molecule has 0 bridgehead atoms. The Balaban J connectivity index is 2.07. The lowest BCUT2D eigenvalue weighted by atomic mass is 10.2. The van der Waals surface area contributed by atoms with E-state index in [9.17, 15) is 4.79 Å². The highest BCUT2D eigenvalue weighted by molar-refractivity contribution is 4.86. The molecule has 8 nitrogen and oxygen atoms in total. The minimum Gasteiger partial charge on any atom is -0.296 e. The largest absolute Gasteiger partial charge is 0.438 e. The van der Waals surface area contributed by atoms with Crippen molar-refractivity contribution >= 4 is 0 Å². The molecule has 0 spiro atoms. The highest BCUT2D eigenvalue weighted by Crippen LogP contribution is 2.08. The first-order valence-corrected chi connectivity index (χ1v) is 5.45. The van der Waals surface area contributed by atoms with Crippen LogP contribution in [0.3, 0.4) is 0 Å². The molecule has 0 aromatic carbocycles. The van der Waals surface area contributed by atoms with E-state index in [2.05, 4.69) is 30.1 Å². The Bertz CT molecular complexity index is 539. The number of H-pyrrole nitrogens is 2. The van der Waals surface area contributed by atoms with Crippen molar-refractivity contribution < 1.29 is 9.32 Å². The van der Waals surface area contributed by atoms with Crippen LogP contribution in [0, 0.1) is 0 Å². The minimum absolute atomic E-state index is 0.0257. The van der Waals surface area contributed by atoms with E-state index in [-0.39, 0.29) is 5.92 Å². The Morgan fingerprint density at radius 3 is 2.65 bits per heavy atom. The average Bonchev–Trinajstić information content (AvgIpc) is 2.86. The Hall–Kier alpha value is -1.99. The summed E-state index contributed by atoms with van der Waals surface area (Å²) in [5.74, 6) is 1.05. The normalized spacial score (nSPS) is 13.2. The third-order valence-corrected chi connectivity index (χ3v) is 2.41. The molecule has 0 saturated carbocycles. The first kappa shape index (κ1) is 11.5. The van der Waals surface area contributed by atoms with Gasteiger partial charge in [-0.2, -0.15) is 0 Å². The van der Waals surface area contributed by atoms with Crippen LogP contribution < -0.4 is 10.6 Å². The van der Waals surface area contributed by atoms with Gasteiger partial charge in [0.2, 0.25) is 0 Å². The molecule has 0 aliphatic carbocycles. The van der Waals surface area contributed by atoms with Crippen molar-refractivity contribution in [3.8, 4) is 0 Å². The van der Waals surface area contributed by atoms with Crippen molar-refractivity contribution in [1.82, 2.24) is 25.6 Å². The standard InChI is InChI=1S/C9H14N6O2/c1-5(2)7-11-14-15(12-7)4-6(3)8-10-9(16)17-13-8/h5-6H,4H2,1-3H3,(H,10,13,16)/p+1/t6-/m0/s1. The third-order valence-electron chi connectivity index (χ3n) is 2.41. The molecule has 17 heavy (non-hydrogen) atoms. The van der Waals surface area contributed by atoms with E-state index in [0.717, 1.165) is 5.82 Å². The molecule has 0 radical (unpaired) electrons. The molecule has 2 rings (SSSR count). The lowest BCUT2D eigenvalue weighted by Gasteiger charge is -1.99. The fourth-order valence-corrected chi connectivity index (χ4v) is 1.39. The van der Waals surface area contributed by atoms with Crippen molar-refractivity contribution in [2.45, 2.75) is 39.2 Å². The second-order valence-corrected chi connectivity index (χ2v) is 4.29. The molecular weight excluding hydrogens is 224 g/mol. The summed E-state index contributed by atoms with van der Waals surface area (Å²) in [6.07, 6.45) is 0. The zero-order valence-electron chi connectivity index (χ0n) is 9.97. The summed E-state index contributed by atoms with van der Waals surface area (Å²) in [5, 5.41) is 14.8. The van der Waals surface area contributed by atoms with Crippen LogP contribution in [0.2, 0.25) is 0 Å². The predicted octanol–water partition coefficient (Wildman–Crippen LogP) is -0.304. The molecule has 0 aliphatic rings. The summed E-state index contributed by atoms with van der Waals surface area (Å²) >= 11 is 0. The highest BCUT2D eigenvalue weighted by Gasteiger charge is 2.19. The lowest BCUT2D eigenvalue weighted by Crippen LogP contribution is -2.41. The summed E-state index contributed by atoms with van der Waals surface area (Å²) < 4.78 is 4.45. The van der Waals surface area contributed by atoms with Crippen LogP contribution in [0.5, 0.6) is 0 Å². The average molecular weight is 239 g/mol. The number of aromatic nitrogens is 6. The van der Waals surface area contributed by atoms with E-state index in [1.807, 2.05) is 20.8 Å². The Labute approximate surface area is 97.0 Å². The van der Waals surface area contributed by atoms with Crippen LogP contribution >= 0.6 is 0 Å². The molecule has 0 amide bonds. The number of hydrogen-bond donors (Lipinski definition) is 2. The second-order valence-electron chi connectivity index (χ2n) is 4.29. The second kappa shape index (κ2) is 4.48. The van der Waals surface area contributed by atoms with Gasteiger partial charge < -0.3 is 0 Å². The van der Waals surface area contributed by atoms with Gasteiger partial charge in [-0.3, -0.25) is 9.51 Å². The van der Waals surface area contributed by atoms with Crippen molar-refractivity contribution in [3.63, 3.8) is 0 Å². The Morgan fingerprint density at radius 2 is 2.12 bits per heavy atom. The van der Waals surface area contributed by atoms with Crippen molar-refractivity contribution in [1.29, 1.82) is 0 Å². The molecule has 2 N–H and O–H groups in total. The van der Waals surface area contributed by atoms with Crippen LogP contribution in [0.25, 0.3) is 0 Å². The number of aromatic amines is 2. The highest BCUT2D eigenvalue weighted by atomic mass is 16.5. The van der Waals surface area contributed by atoms with Gasteiger partial charge in [0.1, 0.15) is 11.8 Å². The number of hydrogen-bond acceptors (Lipinski definition) is 5. The van der Waals surface area contributed by atoms with E-state index in [0.29, 0.717) is 18.3 Å². The van der Waals surface area contributed by atoms with Gasteiger partial charge in [-0.25, -0.2) is 4.79 Å². The minimum atomic E-state index is -0.547. The zero-order chi connectivity index (χ0) is 12.4. The van der Waals surface area contributed by atoms with Gasteiger partial charge in [-0.15, -0.1) is 5.10 Å². The number of nitrogens with one attached hydrogen (secondary N) is 2. The summed E-state index contributed by atoms with van der Waals surface area (Å²) in [6, 6.07) is 0. The molecule has 1 atom stereocenters. The Kier molecular flexibility index (Phi) is 3.03. The molecule has 2 heterocycles. The number of tetrazole rings is 1. The summed E-state index contributed by atoms with van der Waals surface area (Å²) in [7, 11) is 0. The van der Waals surface area contributed by atoms with Crippen LogP contribution in [-0.4, -0.2) is 25.6 Å².